The van der Waals surface area contributed by atoms with E-state index >= 15 is 0 Å². The van der Waals surface area contributed by atoms with E-state index in [1.807, 2.05) is 30.3 Å². The van der Waals surface area contributed by atoms with E-state index in [1.54, 1.807) is 24.5 Å². The normalized spacial score (nSPS) is 11.3. The Labute approximate surface area is 151 Å². The zero-order valence-corrected chi connectivity index (χ0v) is 14.7. The quantitative estimate of drug-likeness (QED) is 0.684. The van der Waals surface area contributed by atoms with Crippen LogP contribution in [0.4, 0.5) is 5.82 Å². The van der Waals surface area contributed by atoms with Crippen molar-refractivity contribution in [3.8, 4) is 5.69 Å². The Morgan fingerprint density at radius 3 is 2.38 bits per heavy atom. The number of nitrogens with one attached hydrogen (secondary N) is 1. The highest BCUT2D eigenvalue weighted by atomic mass is 32.2. The summed E-state index contributed by atoms with van der Waals surface area (Å²) in [5.41, 5.74) is 1.45. The third-order valence-electron chi connectivity index (χ3n) is 3.83. The van der Waals surface area contributed by atoms with Crippen LogP contribution in [0.2, 0.25) is 0 Å². The van der Waals surface area contributed by atoms with Crippen molar-refractivity contribution in [2.75, 3.05) is 11.9 Å². The van der Waals surface area contributed by atoms with Crippen LogP contribution in [0.5, 0.6) is 0 Å². The van der Waals surface area contributed by atoms with Crippen LogP contribution in [-0.4, -0.2) is 24.5 Å². The largest absolute Gasteiger partial charge is 0.365 e. The summed E-state index contributed by atoms with van der Waals surface area (Å²) in [6, 6.07) is 15.6. The lowest BCUT2D eigenvalue weighted by molar-refractivity contribution is 0.598. The first-order valence-electron chi connectivity index (χ1n) is 7.94. The molecule has 0 unspecified atom stereocenters. The highest BCUT2D eigenvalue weighted by molar-refractivity contribution is 7.89. The van der Waals surface area contributed by atoms with Crippen LogP contribution in [0.25, 0.3) is 5.69 Å². The first kappa shape index (κ1) is 17.8. The van der Waals surface area contributed by atoms with Gasteiger partial charge in [-0.3, -0.25) is 9.36 Å². The molecule has 0 aliphatic heterocycles. The molecular formula is C18H18N4O3S. The molecule has 7 nitrogen and oxygen atoms in total. The topological polar surface area (TPSA) is 107 Å². The molecule has 0 radical (unpaired) electrons. The third-order valence-corrected chi connectivity index (χ3v) is 4.76. The molecule has 0 bridgehead atoms. The molecule has 3 N–H and O–H groups in total. The molecule has 1 heterocycles. The van der Waals surface area contributed by atoms with E-state index in [0.717, 1.165) is 11.3 Å². The lowest BCUT2D eigenvalue weighted by Gasteiger charge is -2.09. The molecule has 0 spiro atoms. The highest BCUT2D eigenvalue weighted by Crippen LogP contribution is 2.09. The number of anilines is 1. The molecule has 0 saturated heterocycles. The Bertz CT molecular complexity index is 1050. The second kappa shape index (κ2) is 7.51. The summed E-state index contributed by atoms with van der Waals surface area (Å²) >= 11 is 0. The number of nitrogens with two attached hydrogens (primary N) is 1. The number of hydrogen-bond donors (Lipinski definition) is 2. The average Bonchev–Trinajstić information content (AvgIpc) is 2.63. The van der Waals surface area contributed by atoms with Crippen LogP contribution in [0.1, 0.15) is 5.56 Å². The van der Waals surface area contributed by atoms with Gasteiger partial charge in [0.05, 0.1) is 4.90 Å². The Morgan fingerprint density at radius 2 is 1.73 bits per heavy atom. The van der Waals surface area contributed by atoms with Gasteiger partial charge in [-0.05, 0) is 36.2 Å². The predicted octanol–water partition coefficient (Wildman–Crippen LogP) is 1.53. The summed E-state index contributed by atoms with van der Waals surface area (Å²) in [5.74, 6) is 0.262. The molecular weight excluding hydrogens is 352 g/mol. The predicted molar refractivity (Wildman–Crippen MR) is 99.8 cm³/mol. The summed E-state index contributed by atoms with van der Waals surface area (Å²) in [6.45, 7) is 0.482. The monoisotopic (exact) mass is 370 g/mol. The molecule has 2 aromatic carbocycles. The van der Waals surface area contributed by atoms with E-state index in [0.29, 0.717) is 13.0 Å². The SMILES string of the molecule is NS(=O)(=O)c1ccc(CCNc2nccn(-c3ccccc3)c2=O)cc1. The minimum atomic E-state index is -3.69. The van der Waals surface area contributed by atoms with Crippen LogP contribution in [0, 0.1) is 0 Å². The molecule has 26 heavy (non-hydrogen) atoms. The minimum Gasteiger partial charge on any atom is -0.365 e. The number of para-hydroxylation sites is 1. The van der Waals surface area contributed by atoms with Crippen LogP contribution in [0.15, 0.2) is 76.7 Å². The van der Waals surface area contributed by atoms with Crippen molar-refractivity contribution in [1.29, 1.82) is 0 Å². The molecule has 3 rings (SSSR count). The third kappa shape index (κ3) is 4.16. The van der Waals surface area contributed by atoms with Gasteiger partial charge < -0.3 is 5.32 Å². The van der Waals surface area contributed by atoms with E-state index in [-0.39, 0.29) is 16.3 Å². The van der Waals surface area contributed by atoms with Crippen molar-refractivity contribution < 1.29 is 8.42 Å². The maximum atomic E-state index is 12.5. The van der Waals surface area contributed by atoms with Gasteiger partial charge in [0.25, 0.3) is 5.56 Å². The second-order valence-electron chi connectivity index (χ2n) is 5.65. The summed E-state index contributed by atoms with van der Waals surface area (Å²) in [7, 11) is -3.69. The van der Waals surface area contributed by atoms with Gasteiger partial charge in [0, 0.05) is 24.6 Å². The van der Waals surface area contributed by atoms with Crippen molar-refractivity contribution in [1.82, 2.24) is 9.55 Å². The van der Waals surface area contributed by atoms with E-state index in [1.165, 1.54) is 16.7 Å². The molecule has 3 aromatic rings. The van der Waals surface area contributed by atoms with Gasteiger partial charge >= 0.3 is 0 Å². The molecule has 8 heteroatoms. The van der Waals surface area contributed by atoms with Gasteiger partial charge in [0.2, 0.25) is 10.0 Å². The van der Waals surface area contributed by atoms with Crippen LogP contribution >= 0.6 is 0 Å². The van der Waals surface area contributed by atoms with Crippen LogP contribution in [0.3, 0.4) is 0 Å². The minimum absolute atomic E-state index is 0.0738. The lowest BCUT2D eigenvalue weighted by Crippen LogP contribution is -2.23. The molecule has 0 aliphatic carbocycles. The Kier molecular flexibility index (Phi) is 5.15. The van der Waals surface area contributed by atoms with Crippen molar-refractivity contribution in [3.05, 3.63) is 82.9 Å². The van der Waals surface area contributed by atoms with Gasteiger partial charge in [-0.1, -0.05) is 30.3 Å². The molecule has 1 aromatic heterocycles. The number of hydrogen-bond acceptors (Lipinski definition) is 5. The van der Waals surface area contributed by atoms with Crippen molar-refractivity contribution in [2.45, 2.75) is 11.3 Å². The molecule has 0 aliphatic rings. The Balaban J connectivity index is 1.68. The van der Waals surface area contributed by atoms with E-state index in [2.05, 4.69) is 10.3 Å². The van der Waals surface area contributed by atoms with E-state index in [9.17, 15) is 13.2 Å². The van der Waals surface area contributed by atoms with Gasteiger partial charge in [-0.25, -0.2) is 18.5 Å². The van der Waals surface area contributed by atoms with Crippen molar-refractivity contribution in [3.63, 3.8) is 0 Å². The van der Waals surface area contributed by atoms with Gasteiger partial charge in [-0.2, -0.15) is 0 Å². The second-order valence-corrected chi connectivity index (χ2v) is 7.21. The molecule has 134 valence electrons. The molecule has 0 amide bonds. The van der Waals surface area contributed by atoms with Gasteiger partial charge in [-0.15, -0.1) is 0 Å². The molecule has 0 saturated carbocycles. The van der Waals surface area contributed by atoms with Crippen LogP contribution in [-0.2, 0) is 16.4 Å². The number of aromatic nitrogens is 2. The van der Waals surface area contributed by atoms with E-state index in [4.69, 9.17) is 5.14 Å². The fraction of sp³-hybridized carbons (Fsp3) is 0.111. The van der Waals surface area contributed by atoms with Crippen molar-refractivity contribution in [2.24, 2.45) is 5.14 Å². The highest BCUT2D eigenvalue weighted by Gasteiger charge is 2.08. The number of nitrogens with zero attached hydrogens (tertiary/aromatic N) is 2. The Hall–Kier alpha value is -2.97. The first-order chi connectivity index (χ1) is 12.4. The zero-order valence-electron chi connectivity index (χ0n) is 13.9. The molecule has 0 fully saturated rings. The summed E-state index contributed by atoms with van der Waals surface area (Å²) < 4.78 is 24.0. The number of sulfonamides is 1. The average molecular weight is 370 g/mol. The molecule has 0 atom stereocenters. The fourth-order valence-corrected chi connectivity index (χ4v) is 3.01. The summed E-state index contributed by atoms with van der Waals surface area (Å²) in [5, 5.41) is 8.11. The summed E-state index contributed by atoms with van der Waals surface area (Å²) in [4.78, 5) is 16.7. The first-order valence-corrected chi connectivity index (χ1v) is 9.48. The maximum absolute atomic E-state index is 12.5. The number of rotatable bonds is 6. The zero-order chi connectivity index (χ0) is 18.6. The van der Waals surface area contributed by atoms with Gasteiger partial charge in [0.15, 0.2) is 5.82 Å². The maximum Gasteiger partial charge on any atom is 0.297 e. The number of primary sulfonamides is 1. The van der Waals surface area contributed by atoms with Crippen LogP contribution < -0.4 is 16.0 Å². The number of benzene rings is 2. The van der Waals surface area contributed by atoms with E-state index < -0.39 is 10.0 Å². The summed E-state index contributed by atoms with van der Waals surface area (Å²) in [6.07, 6.45) is 3.79. The standard InChI is InChI=1S/C18H18N4O3S/c19-26(24,25)16-8-6-14(7-9-16)10-11-20-17-18(23)22(13-12-21-17)15-4-2-1-3-5-15/h1-9,12-13H,10-11H2,(H,20,21)(H2,19,24,25). The van der Waals surface area contributed by atoms with Gasteiger partial charge in [0.1, 0.15) is 0 Å². The Morgan fingerprint density at radius 1 is 1.04 bits per heavy atom. The lowest BCUT2D eigenvalue weighted by atomic mass is 10.1. The van der Waals surface area contributed by atoms with Crippen molar-refractivity contribution >= 4 is 15.8 Å². The smallest absolute Gasteiger partial charge is 0.297 e. The fourth-order valence-electron chi connectivity index (χ4n) is 2.50.